The fraction of sp³-hybridized carbons (Fsp3) is 0.845. The molecule has 0 spiro atoms. The number of hydrogen-bond donors (Lipinski definition) is 6. The lowest BCUT2D eigenvalue weighted by atomic mass is 9.99. The van der Waals surface area contributed by atoms with Crippen LogP contribution < -0.4 is 5.32 Å². The van der Waals surface area contributed by atoms with Gasteiger partial charge >= 0.3 is 0 Å². The summed E-state index contributed by atoms with van der Waals surface area (Å²) in [5.74, 6) is -0.182. The van der Waals surface area contributed by atoms with E-state index in [1.54, 1.807) is 6.08 Å². The summed E-state index contributed by atoms with van der Waals surface area (Å²) in [6.45, 7) is 3.77. The van der Waals surface area contributed by atoms with Gasteiger partial charge in [-0.05, 0) is 70.6 Å². The van der Waals surface area contributed by atoms with Crippen LogP contribution in [0.25, 0.3) is 0 Å². The van der Waals surface area contributed by atoms with Crippen LogP contribution in [0.5, 0.6) is 0 Å². The predicted molar refractivity (Wildman–Crippen MR) is 341 cm³/mol. The predicted octanol–water partition coefficient (Wildman–Crippen LogP) is 18.6. The van der Waals surface area contributed by atoms with Gasteiger partial charge < -0.3 is 40.3 Å². The van der Waals surface area contributed by atoms with Crippen LogP contribution in [0.4, 0.5) is 0 Å². The van der Waals surface area contributed by atoms with Crippen LogP contribution in [-0.4, -0.2) is 87.5 Å². The Morgan fingerprint density at radius 3 is 1.14 bits per heavy atom. The zero-order chi connectivity index (χ0) is 57.9. The first-order chi connectivity index (χ1) is 39.3. The van der Waals surface area contributed by atoms with Gasteiger partial charge in [-0.1, -0.05) is 312 Å². The van der Waals surface area contributed by atoms with Crippen molar-refractivity contribution >= 4 is 5.91 Å². The number of allylic oxidation sites excluding steroid dienone is 9. The van der Waals surface area contributed by atoms with E-state index in [1.807, 2.05) is 6.08 Å². The van der Waals surface area contributed by atoms with Crippen molar-refractivity contribution in [1.82, 2.24) is 5.32 Å². The molecule has 6 N–H and O–H groups in total. The molecule has 1 amide bonds. The number of carbonyl (C=O) groups is 1. The van der Waals surface area contributed by atoms with Gasteiger partial charge in [0.25, 0.3) is 0 Å². The Labute approximate surface area is 494 Å². The van der Waals surface area contributed by atoms with Crippen LogP contribution in [0.2, 0.25) is 0 Å². The maximum Gasteiger partial charge on any atom is 0.220 e. The summed E-state index contributed by atoms with van der Waals surface area (Å²) in [7, 11) is 0. The van der Waals surface area contributed by atoms with Gasteiger partial charge in [-0.25, -0.2) is 0 Å². The van der Waals surface area contributed by atoms with Crippen molar-refractivity contribution in [1.29, 1.82) is 0 Å². The fourth-order valence-electron chi connectivity index (χ4n) is 10.9. The topological polar surface area (TPSA) is 149 Å². The zero-order valence-electron chi connectivity index (χ0n) is 52.3. The monoisotopic (exact) mass is 1130 g/mol. The molecule has 0 bridgehead atoms. The Balaban J connectivity index is 2.04. The number of nitrogens with one attached hydrogen (secondary N) is 1. The van der Waals surface area contributed by atoms with Crippen LogP contribution in [-0.2, 0) is 14.3 Å². The molecule has 1 rings (SSSR count). The first-order valence-corrected chi connectivity index (χ1v) is 34.5. The highest BCUT2D eigenvalue weighted by molar-refractivity contribution is 5.76. The molecule has 0 aromatic rings. The molecule has 0 aromatic heterocycles. The summed E-state index contributed by atoms with van der Waals surface area (Å²) in [6.07, 6.45) is 76.3. The third-order valence-electron chi connectivity index (χ3n) is 16.3. The second kappa shape index (κ2) is 60.0. The number of ether oxygens (including phenoxy) is 2. The maximum atomic E-state index is 13.1. The number of aliphatic hydroxyl groups is 5. The summed E-state index contributed by atoms with van der Waals surface area (Å²) in [4.78, 5) is 13.1. The highest BCUT2D eigenvalue weighted by atomic mass is 16.7. The number of unbranched alkanes of at least 4 members (excludes halogenated alkanes) is 42. The molecule has 0 aromatic carbocycles. The standard InChI is InChI=1S/C71H131NO8/c1-3-5-7-9-11-13-15-17-19-21-22-23-24-25-26-27-28-29-30-31-32-33-34-35-36-37-38-39-40-41-42-43-44-45-47-49-51-53-55-57-59-61-67(75)72-64(63-79-71-70(78)69(77)68(76)66(62-73)80-71)65(74)60-58-56-54-52-50-48-46-20-18-16-14-12-10-8-6-4-2/h15,17,21-22,24-25,50,52,58,60,64-66,68-71,73-74,76-78H,3-14,16,18-20,23,26-49,51,53-57,59,61-63H2,1-2H3,(H,72,75)/b17-15-,22-21-,25-24-,52-50+,60-58+. The zero-order valence-corrected chi connectivity index (χ0v) is 52.3. The van der Waals surface area contributed by atoms with E-state index in [0.717, 1.165) is 51.4 Å². The van der Waals surface area contributed by atoms with Crippen molar-refractivity contribution in [2.75, 3.05) is 13.2 Å². The van der Waals surface area contributed by atoms with E-state index in [-0.39, 0.29) is 12.5 Å². The second-order valence-corrected chi connectivity index (χ2v) is 24.0. The fourth-order valence-corrected chi connectivity index (χ4v) is 10.9. The number of rotatable bonds is 60. The van der Waals surface area contributed by atoms with E-state index in [0.29, 0.717) is 6.42 Å². The summed E-state index contributed by atoms with van der Waals surface area (Å²) in [5, 5.41) is 54.6. The molecule has 7 unspecified atom stereocenters. The van der Waals surface area contributed by atoms with Gasteiger partial charge in [0.2, 0.25) is 5.91 Å². The lowest BCUT2D eigenvalue weighted by molar-refractivity contribution is -0.302. The normalized spacial score (nSPS) is 18.8. The van der Waals surface area contributed by atoms with Crippen molar-refractivity contribution in [3.63, 3.8) is 0 Å². The Morgan fingerprint density at radius 2 is 0.750 bits per heavy atom. The Hall–Kier alpha value is -2.11. The lowest BCUT2D eigenvalue weighted by Gasteiger charge is -2.40. The summed E-state index contributed by atoms with van der Waals surface area (Å²) >= 11 is 0. The molecule has 7 atom stereocenters. The average Bonchev–Trinajstić information content (AvgIpc) is 3.46. The minimum absolute atomic E-state index is 0.182. The molecule has 1 aliphatic heterocycles. The molecule has 9 heteroatoms. The Morgan fingerprint density at radius 1 is 0.425 bits per heavy atom. The van der Waals surface area contributed by atoms with E-state index in [9.17, 15) is 30.3 Å². The number of hydrogen-bond acceptors (Lipinski definition) is 8. The van der Waals surface area contributed by atoms with Crippen LogP contribution in [0.1, 0.15) is 328 Å². The maximum absolute atomic E-state index is 13.1. The molecule has 1 heterocycles. The molecular weight excluding hydrogens is 995 g/mol. The van der Waals surface area contributed by atoms with Crippen LogP contribution in [0.15, 0.2) is 60.8 Å². The minimum Gasteiger partial charge on any atom is -0.394 e. The SMILES string of the molecule is CCCCCCC/C=C\C/C=C\C/C=C\CCCCCCCCCCCCCCCCCCCCCCCCCCCCC(=O)NC(COC1OC(CO)C(O)C(O)C1O)C(O)/C=C/CC/C=C/CCCCCCCCCCCC. The van der Waals surface area contributed by atoms with E-state index in [4.69, 9.17) is 9.47 Å². The first kappa shape index (κ1) is 75.9. The van der Waals surface area contributed by atoms with Crippen molar-refractivity contribution in [3.05, 3.63) is 60.8 Å². The largest absolute Gasteiger partial charge is 0.394 e. The molecule has 80 heavy (non-hydrogen) atoms. The molecule has 1 aliphatic rings. The molecule has 9 nitrogen and oxygen atoms in total. The molecular formula is C71H131NO8. The van der Waals surface area contributed by atoms with Crippen LogP contribution in [0.3, 0.4) is 0 Å². The highest BCUT2D eigenvalue weighted by Crippen LogP contribution is 2.23. The highest BCUT2D eigenvalue weighted by Gasteiger charge is 2.44. The second-order valence-electron chi connectivity index (χ2n) is 24.0. The smallest absolute Gasteiger partial charge is 0.220 e. The molecule has 468 valence electrons. The van der Waals surface area contributed by atoms with Crippen LogP contribution in [0, 0.1) is 0 Å². The van der Waals surface area contributed by atoms with E-state index < -0.39 is 49.5 Å². The Kier molecular flexibility index (Phi) is 57.0. The molecule has 1 fully saturated rings. The van der Waals surface area contributed by atoms with Gasteiger partial charge in [0, 0.05) is 6.42 Å². The summed E-state index contributed by atoms with van der Waals surface area (Å²) < 4.78 is 11.3. The number of aliphatic hydroxyl groups excluding tert-OH is 5. The van der Waals surface area contributed by atoms with Crippen molar-refractivity contribution in [2.24, 2.45) is 0 Å². The summed E-state index contributed by atoms with van der Waals surface area (Å²) in [5.41, 5.74) is 0. The van der Waals surface area contributed by atoms with Crippen molar-refractivity contribution < 1.29 is 39.8 Å². The van der Waals surface area contributed by atoms with Crippen LogP contribution >= 0.6 is 0 Å². The third kappa shape index (κ3) is 48.3. The van der Waals surface area contributed by atoms with E-state index in [1.165, 1.54) is 257 Å². The quantitative estimate of drug-likeness (QED) is 0.0261. The Bertz CT molecular complexity index is 1450. The van der Waals surface area contributed by atoms with Crippen molar-refractivity contribution in [3.8, 4) is 0 Å². The van der Waals surface area contributed by atoms with Gasteiger partial charge in [-0.3, -0.25) is 4.79 Å². The first-order valence-electron chi connectivity index (χ1n) is 34.5. The molecule has 0 saturated carbocycles. The van der Waals surface area contributed by atoms with Gasteiger partial charge in [0.15, 0.2) is 6.29 Å². The van der Waals surface area contributed by atoms with Gasteiger partial charge in [-0.15, -0.1) is 0 Å². The number of carbonyl (C=O) groups excluding carboxylic acids is 1. The summed E-state index contributed by atoms with van der Waals surface area (Å²) in [6, 6.07) is -0.821. The molecule has 0 aliphatic carbocycles. The van der Waals surface area contributed by atoms with Gasteiger partial charge in [0.1, 0.15) is 24.4 Å². The average molecular weight is 1130 g/mol. The van der Waals surface area contributed by atoms with Crippen molar-refractivity contribution in [2.45, 2.75) is 371 Å². The van der Waals surface area contributed by atoms with E-state index >= 15 is 0 Å². The van der Waals surface area contributed by atoms with E-state index in [2.05, 4.69) is 67.8 Å². The lowest BCUT2D eigenvalue weighted by Crippen LogP contribution is -2.60. The van der Waals surface area contributed by atoms with Gasteiger partial charge in [-0.2, -0.15) is 0 Å². The number of amides is 1. The molecule has 1 saturated heterocycles. The molecule has 0 radical (unpaired) electrons. The van der Waals surface area contributed by atoms with Gasteiger partial charge in [0.05, 0.1) is 25.4 Å². The minimum atomic E-state index is -1.57. The third-order valence-corrected chi connectivity index (χ3v) is 16.3.